The number of aromatic hydroxyl groups is 2. The summed E-state index contributed by atoms with van der Waals surface area (Å²) >= 11 is 9.40. The first-order chi connectivity index (χ1) is 13.4. The topological polar surface area (TPSA) is 86.8 Å². The van der Waals surface area contributed by atoms with Crippen molar-refractivity contribution in [1.29, 1.82) is 0 Å². The maximum atomic E-state index is 12.8. The third-order valence-electron chi connectivity index (χ3n) is 4.74. The molecule has 0 unspecified atom stereocenters. The van der Waals surface area contributed by atoms with Crippen LogP contribution in [0.5, 0.6) is 11.5 Å². The predicted molar refractivity (Wildman–Crippen MR) is 107 cm³/mol. The summed E-state index contributed by atoms with van der Waals surface area (Å²) in [6.45, 7) is 0.882. The number of hydrogen-bond acceptors (Lipinski definition) is 5. The summed E-state index contributed by atoms with van der Waals surface area (Å²) in [4.78, 5) is 14.5. The van der Waals surface area contributed by atoms with Crippen molar-refractivity contribution in [3.05, 3.63) is 62.7 Å². The van der Waals surface area contributed by atoms with Crippen LogP contribution in [0, 0.1) is 0 Å². The first kappa shape index (κ1) is 18.8. The molecule has 2 heterocycles. The zero-order valence-corrected chi connectivity index (χ0v) is 17.0. The Bertz CT molecular complexity index is 1070. The second kappa shape index (κ2) is 7.48. The van der Waals surface area contributed by atoms with E-state index in [1.807, 2.05) is 24.3 Å². The Morgan fingerprint density at radius 2 is 2.07 bits per heavy atom. The molecule has 1 aromatic heterocycles. The lowest BCUT2D eigenvalue weighted by Crippen LogP contribution is -2.36. The second-order valence-electron chi connectivity index (χ2n) is 6.63. The molecule has 2 N–H and O–H groups in total. The highest BCUT2D eigenvalue weighted by Crippen LogP contribution is 2.40. The molecule has 1 amide bonds. The minimum Gasteiger partial charge on any atom is -0.507 e. The maximum Gasteiger partial charge on any atom is 0.227 e. The number of phenols is 2. The highest BCUT2D eigenvalue weighted by Gasteiger charge is 2.29. The highest BCUT2D eigenvalue weighted by atomic mass is 79.9. The van der Waals surface area contributed by atoms with Crippen molar-refractivity contribution in [1.82, 2.24) is 10.1 Å². The van der Waals surface area contributed by atoms with Crippen LogP contribution >= 0.6 is 27.5 Å². The van der Waals surface area contributed by atoms with Crippen LogP contribution in [0.25, 0.3) is 11.3 Å². The number of fused-ring (bicyclic) bond motifs is 1. The summed E-state index contributed by atoms with van der Waals surface area (Å²) in [7, 11) is 0. The number of rotatable bonds is 3. The van der Waals surface area contributed by atoms with Gasteiger partial charge in [-0.2, -0.15) is 0 Å². The van der Waals surface area contributed by atoms with Crippen LogP contribution in [0.1, 0.15) is 16.8 Å². The average molecular weight is 464 g/mol. The van der Waals surface area contributed by atoms with Gasteiger partial charge in [0.05, 0.1) is 29.2 Å². The van der Waals surface area contributed by atoms with Gasteiger partial charge >= 0.3 is 0 Å². The normalized spacial score (nSPS) is 13.4. The summed E-state index contributed by atoms with van der Waals surface area (Å²) in [5.74, 6) is -0.0289. The monoisotopic (exact) mass is 462 g/mol. The van der Waals surface area contributed by atoms with E-state index in [1.54, 1.807) is 4.90 Å². The molecular weight excluding hydrogens is 448 g/mol. The summed E-state index contributed by atoms with van der Waals surface area (Å²) in [6.07, 6.45) is 0.862. The Kier molecular flexibility index (Phi) is 5.03. The minimum atomic E-state index is -0.220. The molecule has 144 valence electrons. The van der Waals surface area contributed by atoms with E-state index in [0.29, 0.717) is 37.3 Å². The molecule has 0 radical (unpaired) electrons. The molecule has 8 heteroatoms. The number of benzene rings is 2. The first-order valence-corrected chi connectivity index (χ1v) is 9.81. The van der Waals surface area contributed by atoms with E-state index in [2.05, 4.69) is 21.1 Å². The van der Waals surface area contributed by atoms with Gasteiger partial charge < -0.3 is 19.6 Å². The second-order valence-corrected chi connectivity index (χ2v) is 7.95. The Morgan fingerprint density at radius 3 is 2.86 bits per heavy atom. The van der Waals surface area contributed by atoms with E-state index in [4.69, 9.17) is 16.1 Å². The lowest BCUT2D eigenvalue weighted by molar-refractivity contribution is -0.131. The van der Waals surface area contributed by atoms with Crippen molar-refractivity contribution in [2.75, 3.05) is 6.54 Å². The van der Waals surface area contributed by atoms with Crippen molar-refractivity contribution in [2.45, 2.75) is 19.4 Å². The molecule has 2 aromatic carbocycles. The number of carbonyl (C=O) groups excluding carboxylic acids is 1. The van der Waals surface area contributed by atoms with Gasteiger partial charge in [-0.05, 0) is 23.8 Å². The number of carbonyl (C=O) groups is 1. The predicted octanol–water partition coefficient (Wildman–Crippen LogP) is 4.30. The van der Waals surface area contributed by atoms with Gasteiger partial charge in [-0.1, -0.05) is 44.8 Å². The fourth-order valence-corrected chi connectivity index (χ4v) is 3.91. The van der Waals surface area contributed by atoms with Gasteiger partial charge in [0, 0.05) is 29.1 Å². The summed E-state index contributed by atoms with van der Waals surface area (Å²) in [6, 6.07) is 10.2. The molecule has 1 aliphatic rings. The van der Waals surface area contributed by atoms with Crippen LogP contribution < -0.4 is 0 Å². The molecule has 0 aliphatic carbocycles. The maximum absolute atomic E-state index is 12.8. The van der Waals surface area contributed by atoms with E-state index < -0.39 is 0 Å². The summed E-state index contributed by atoms with van der Waals surface area (Å²) in [5.41, 5.74) is 2.76. The van der Waals surface area contributed by atoms with Crippen LogP contribution in [0.2, 0.25) is 5.02 Å². The third-order valence-corrected chi connectivity index (χ3v) is 5.54. The van der Waals surface area contributed by atoms with Crippen molar-refractivity contribution in [3.63, 3.8) is 0 Å². The van der Waals surface area contributed by atoms with Crippen LogP contribution in [0.4, 0.5) is 0 Å². The largest absolute Gasteiger partial charge is 0.507 e. The van der Waals surface area contributed by atoms with Gasteiger partial charge in [0.15, 0.2) is 5.76 Å². The van der Waals surface area contributed by atoms with E-state index in [1.165, 1.54) is 6.07 Å². The molecular formula is C20H16BrClN2O4. The van der Waals surface area contributed by atoms with E-state index in [-0.39, 0.29) is 22.4 Å². The Hall–Kier alpha value is -2.51. The van der Waals surface area contributed by atoms with E-state index in [0.717, 1.165) is 27.4 Å². The van der Waals surface area contributed by atoms with Crippen molar-refractivity contribution in [3.8, 4) is 22.8 Å². The van der Waals surface area contributed by atoms with Gasteiger partial charge in [-0.25, -0.2) is 0 Å². The van der Waals surface area contributed by atoms with Crippen molar-refractivity contribution >= 4 is 33.4 Å². The zero-order chi connectivity index (χ0) is 19.8. The lowest BCUT2D eigenvalue weighted by Gasteiger charge is -2.26. The fourth-order valence-electron chi connectivity index (χ4n) is 3.30. The first-order valence-electron chi connectivity index (χ1n) is 8.64. The number of halogens is 2. The van der Waals surface area contributed by atoms with Gasteiger partial charge in [-0.15, -0.1) is 0 Å². The standard InChI is InChI=1S/C20H16BrClN2O4/c21-12-3-1-2-11(6-12)7-19(27)24-5-4-16-14(10-24)20(28-23-16)13-8-15(22)18(26)9-17(13)25/h1-3,6,8-9,25-26H,4-5,7,10H2. The molecule has 0 saturated carbocycles. The van der Waals surface area contributed by atoms with E-state index in [9.17, 15) is 15.0 Å². The summed E-state index contributed by atoms with van der Waals surface area (Å²) in [5, 5.41) is 24.0. The molecule has 28 heavy (non-hydrogen) atoms. The van der Waals surface area contributed by atoms with Gasteiger partial charge in [-0.3, -0.25) is 4.79 Å². The zero-order valence-electron chi connectivity index (χ0n) is 14.7. The van der Waals surface area contributed by atoms with Crippen molar-refractivity contribution < 1.29 is 19.5 Å². The lowest BCUT2D eigenvalue weighted by atomic mass is 10.00. The number of amides is 1. The number of hydrogen-bond donors (Lipinski definition) is 2. The van der Waals surface area contributed by atoms with Crippen LogP contribution in [0.3, 0.4) is 0 Å². The Labute approximate surface area is 174 Å². The highest BCUT2D eigenvalue weighted by molar-refractivity contribution is 9.10. The molecule has 4 rings (SSSR count). The van der Waals surface area contributed by atoms with Crippen LogP contribution in [0.15, 0.2) is 45.4 Å². The average Bonchev–Trinajstić information content (AvgIpc) is 3.07. The number of aromatic nitrogens is 1. The van der Waals surface area contributed by atoms with E-state index >= 15 is 0 Å². The molecule has 0 fully saturated rings. The van der Waals surface area contributed by atoms with Gasteiger partial charge in [0.1, 0.15) is 11.5 Å². The molecule has 0 saturated heterocycles. The van der Waals surface area contributed by atoms with Crippen LogP contribution in [-0.4, -0.2) is 32.7 Å². The molecule has 0 atom stereocenters. The van der Waals surface area contributed by atoms with Gasteiger partial charge in [0.2, 0.25) is 5.91 Å². The fraction of sp³-hybridized carbons (Fsp3) is 0.200. The van der Waals surface area contributed by atoms with Crippen LogP contribution in [-0.2, 0) is 24.2 Å². The third kappa shape index (κ3) is 3.59. The smallest absolute Gasteiger partial charge is 0.227 e. The molecule has 0 spiro atoms. The molecule has 1 aliphatic heterocycles. The Morgan fingerprint density at radius 1 is 1.25 bits per heavy atom. The quantitative estimate of drug-likeness (QED) is 0.605. The molecule has 3 aromatic rings. The molecule has 0 bridgehead atoms. The SMILES string of the molecule is O=C(Cc1cccc(Br)c1)N1CCc2noc(-c3cc(Cl)c(O)cc3O)c2C1. The summed E-state index contributed by atoms with van der Waals surface area (Å²) < 4.78 is 6.38. The molecule has 6 nitrogen and oxygen atoms in total. The van der Waals surface area contributed by atoms with Crippen molar-refractivity contribution in [2.24, 2.45) is 0 Å². The Balaban J connectivity index is 1.60. The minimum absolute atomic E-state index is 0.00357. The number of phenolic OH excluding ortho intramolecular Hbond substituents is 2. The van der Waals surface area contributed by atoms with Gasteiger partial charge in [0.25, 0.3) is 0 Å². The number of nitrogens with zero attached hydrogens (tertiary/aromatic N) is 2.